The molecule has 1 aromatic heterocycles. The number of hydrogen-bond acceptors (Lipinski definition) is 3. The molecule has 0 fully saturated rings. The summed E-state index contributed by atoms with van der Waals surface area (Å²) in [6, 6.07) is 2.40. The lowest BCUT2D eigenvalue weighted by Gasteiger charge is -2.17. The average Bonchev–Trinajstić information content (AvgIpc) is 2.72. The van der Waals surface area contributed by atoms with Gasteiger partial charge in [-0.25, -0.2) is 0 Å². The highest BCUT2D eigenvalue weighted by Gasteiger charge is 2.12. The summed E-state index contributed by atoms with van der Waals surface area (Å²) in [5.41, 5.74) is 1.24. The lowest BCUT2D eigenvalue weighted by Crippen LogP contribution is -2.21. The number of aryl methyl sites for hydroxylation is 1. The fourth-order valence-corrected chi connectivity index (χ4v) is 1.69. The van der Waals surface area contributed by atoms with Crippen molar-refractivity contribution in [2.24, 2.45) is 0 Å². The zero-order chi connectivity index (χ0) is 11.1. The summed E-state index contributed by atoms with van der Waals surface area (Å²) in [5, 5.41) is 7.56. The lowest BCUT2D eigenvalue weighted by molar-refractivity contribution is 0.136. The largest absolute Gasteiger partial charge is 0.382 e. The van der Waals surface area contributed by atoms with Crippen molar-refractivity contribution in [2.45, 2.75) is 32.9 Å². The molecule has 1 N–H and O–H groups in total. The van der Waals surface area contributed by atoms with Crippen LogP contribution in [-0.4, -0.2) is 30.0 Å². The number of nitrogens with one attached hydrogen (secondary N) is 1. The molecule has 0 spiro atoms. The van der Waals surface area contributed by atoms with Gasteiger partial charge < -0.3 is 10.1 Å². The SMILES string of the molecule is CCOCCC(NC)c1ccnn1CC. The zero-order valence-electron chi connectivity index (χ0n) is 9.86. The third-order valence-electron chi connectivity index (χ3n) is 2.51. The van der Waals surface area contributed by atoms with Gasteiger partial charge in [-0.1, -0.05) is 0 Å². The number of ether oxygens (including phenoxy) is 1. The third kappa shape index (κ3) is 3.32. The summed E-state index contributed by atoms with van der Waals surface area (Å²) >= 11 is 0. The molecule has 0 aliphatic heterocycles. The number of aromatic nitrogens is 2. The number of rotatable bonds is 7. The monoisotopic (exact) mass is 211 g/mol. The Kier molecular flexibility index (Phi) is 5.36. The summed E-state index contributed by atoms with van der Waals surface area (Å²) in [6.07, 6.45) is 2.83. The summed E-state index contributed by atoms with van der Waals surface area (Å²) in [6.45, 7) is 6.60. The molecule has 1 heterocycles. The van der Waals surface area contributed by atoms with E-state index >= 15 is 0 Å². The van der Waals surface area contributed by atoms with E-state index in [0.29, 0.717) is 6.04 Å². The van der Waals surface area contributed by atoms with Crippen LogP contribution in [0.1, 0.15) is 32.0 Å². The highest BCUT2D eigenvalue weighted by atomic mass is 16.5. The van der Waals surface area contributed by atoms with Crippen LogP contribution in [0.4, 0.5) is 0 Å². The first-order valence-corrected chi connectivity index (χ1v) is 5.60. The van der Waals surface area contributed by atoms with Crippen molar-refractivity contribution in [1.29, 1.82) is 0 Å². The second-order valence-corrected chi connectivity index (χ2v) is 3.40. The van der Waals surface area contributed by atoms with Crippen molar-refractivity contribution in [2.75, 3.05) is 20.3 Å². The predicted molar refractivity (Wildman–Crippen MR) is 60.8 cm³/mol. The van der Waals surface area contributed by atoms with Crippen LogP contribution in [0.25, 0.3) is 0 Å². The first-order valence-electron chi connectivity index (χ1n) is 5.60. The minimum absolute atomic E-state index is 0.332. The molecule has 1 aromatic rings. The van der Waals surface area contributed by atoms with Gasteiger partial charge in [0, 0.05) is 26.0 Å². The summed E-state index contributed by atoms with van der Waals surface area (Å²) < 4.78 is 7.39. The van der Waals surface area contributed by atoms with E-state index < -0.39 is 0 Å². The van der Waals surface area contributed by atoms with E-state index in [2.05, 4.69) is 23.4 Å². The Bertz CT molecular complexity index is 273. The molecular formula is C11H21N3O. The van der Waals surface area contributed by atoms with Crippen LogP contribution in [0.15, 0.2) is 12.3 Å². The normalized spacial score (nSPS) is 13.0. The molecule has 0 aromatic carbocycles. The van der Waals surface area contributed by atoms with Gasteiger partial charge in [0.25, 0.3) is 0 Å². The Hall–Kier alpha value is -0.870. The van der Waals surface area contributed by atoms with Crippen LogP contribution in [0.3, 0.4) is 0 Å². The van der Waals surface area contributed by atoms with Crippen LogP contribution in [0, 0.1) is 0 Å². The quantitative estimate of drug-likeness (QED) is 0.696. The van der Waals surface area contributed by atoms with Crippen LogP contribution in [-0.2, 0) is 11.3 Å². The molecule has 0 radical (unpaired) electrons. The molecular weight excluding hydrogens is 190 g/mol. The Morgan fingerprint density at radius 2 is 2.33 bits per heavy atom. The van der Waals surface area contributed by atoms with Crippen molar-refractivity contribution in [3.8, 4) is 0 Å². The molecule has 0 saturated heterocycles. The standard InChI is InChI=1S/C11H21N3O/c1-4-14-11(6-8-13-14)10(12-3)7-9-15-5-2/h6,8,10,12H,4-5,7,9H2,1-3H3. The molecule has 1 atom stereocenters. The molecule has 0 amide bonds. The third-order valence-corrected chi connectivity index (χ3v) is 2.51. The fourth-order valence-electron chi connectivity index (χ4n) is 1.69. The van der Waals surface area contributed by atoms with Gasteiger partial charge in [0.05, 0.1) is 11.7 Å². The van der Waals surface area contributed by atoms with E-state index in [0.717, 1.165) is 26.2 Å². The predicted octanol–water partition coefficient (Wildman–Crippen LogP) is 1.59. The van der Waals surface area contributed by atoms with Crippen molar-refractivity contribution in [3.05, 3.63) is 18.0 Å². The van der Waals surface area contributed by atoms with Crippen LogP contribution in [0.2, 0.25) is 0 Å². The van der Waals surface area contributed by atoms with Gasteiger partial charge in [-0.3, -0.25) is 4.68 Å². The van der Waals surface area contributed by atoms with Gasteiger partial charge >= 0.3 is 0 Å². The highest BCUT2D eigenvalue weighted by molar-refractivity contribution is 5.06. The minimum atomic E-state index is 0.332. The van der Waals surface area contributed by atoms with Gasteiger partial charge in [-0.15, -0.1) is 0 Å². The molecule has 4 nitrogen and oxygen atoms in total. The highest BCUT2D eigenvalue weighted by Crippen LogP contribution is 2.15. The van der Waals surface area contributed by atoms with E-state index in [1.807, 2.05) is 24.9 Å². The summed E-state index contributed by atoms with van der Waals surface area (Å²) in [7, 11) is 1.98. The first kappa shape index (κ1) is 12.2. The zero-order valence-corrected chi connectivity index (χ0v) is 9.86. The van der Waals surface area contributed by atoms with Crippen LogP contribution < -0.4 is 5.32 Å². The Morgan fingerprint density at radius 1 is 1.53 bits per heavy atom. The maximum atomic E-state index is 5.37. The summed E-state index contributed by atoms with van der Waals surface area (Å²) in [4.78, 5) is 0. The van der Waals surface area contributed by atoms with E-state index in [1.54, 1.807) is 0 Å². The van der Waals surface area contributed by atoms with Crippen LogP contribution >= 0.6 is 0 Å². The van der Waals surface area contributed by atoms with Crippen LogP contribution in [0.5, 0.6) is 0 Å². The summed E-state index contributed by atoms with van der Waals surface area (Å²) in [5.74, 6) is 0. The lowest BCUT2D eigenvalue weighted by atomic mass is 10.1. The van der Waals surface area contributed by atoms with E-state index in [1.165, 1.54) is 5.69 Å². The molecule has 0 bridgehead atoms. The average molecular weight is 211 g/mol. The van der Waals surface area contributed by atoms with Gasteiger partial charge in [0.15, 0.2) is 0 Å². The van der Waals surface area contributed by atoms with Crippen molar-refractivity contribution < 1.29 is 4.74 Å². The Morgan fingerprint density at radius 3 is 2.93 bits per heavy atom. The van der Waals surface area contributed by atoms with Gasteiger partial charge in [0.1, 0.15) is 0 Å². The Labute approximate surface area is 91.6 Å². The van der Waals surface area contributed by atoms with Gasteiger partial charge in [-0.2, -0.15) is 5.10 Å². The topological polar surface area (TPSA) is 39.1 Å². The molecule has 86 valence electrons. The van der Waals surface area contributed by atoms with E-state index in [9.17, 15) is 0 Å². The minimum Gasteiger partial charge on any atom is -0.382 e. The molecule has 0 saturated carbocycles. The van der Waals surface area contributed by atoms with Gasteiger partial charge in [0.2, 0.25) is 0 Å². The van der Waals surface area contributed by atoms with Crippen molar-refractivity contribution in [1.82, 2.24) is 15.1 Å². The van der Waals surface area contributed by atoms with E-state index in [-0.39, 0.29) is 0 Å². The van der Waals surface area contributed by atoms with E-state index in [4.69, 9.17) is 4.74 Å². The fraction of sp³-hybridized carbons (Fsp3) is 0.727. The maximum Gasteiger partial charge on any atom is 0.0554 e. The second kappa shape index (κ2) is 6.58. The molecule has 4 heteroatoms. The molecule has 0 aliphatic carbocycles. The smallest absolute Gasteiger partial charge is 0.0554 e. The molecule has 1 rings (SSSR count). The molecule has 15 heavy (non-hydrogen) atoms. The molecule has 1 unspecified atom stereocenters. The van der Waals surface area contributed by atoms with Crippen molar-refractivity contribution >= 4 is 0 Å². The first-order chi connectivity index (χ1) is 7.33. The number of hydrogen-bond donors (Lipinski definition) is 1. The maximum absolute atomic E-state index is 5.37. The molecule has 0 aliphatic rings. The Balaban J connectivity index is 2.57. The van der Waals surface area contributed by atoms with Gasteiger partial charge in [-0.05, 0) is 33.4 Å². The number of nitrogens with zero attached hydrogens (tertiary/aromatic N) is 2. The second-order valence-electron chi connectivity index (χ2n) is 3.40. The van der Waals surface area contributed by atoms with Crippen molar-refractivity contribution in [3.63, 3.8) is 0 Å².